The molecule has 2 atom stereocenters. The van der Waals surface area contributed by atoms with Crippen molar-refractivity contribution in [3.05, 3.63) is 0 Å². The molecule has 2 saturated heterocycles. The molecule has 94 valence electrons. The first-order valence-corrected chi connectivity index (χ1v) is 6.88. The fraction of sp³-hybridized carbons (Fsp3) is 1.00. The van der Waals surface area contributed by atoms with E-state index in [2.05, 4.69) is 10.2 Å². The van der Waals surface area contributed by atoms with E-state index in [-0.39, 0.29) is 6.10 Å². The molecule has 0 aliphatic carbocycles. The predicted octanol–water partition coefficient (Wildman–Crippen LogP) is 1.22. The second-order valence-electron chi connectivity index (χ2n) is 5.57. The lowest BCUT2D eigenvalue weighted by atomic mass is 9.97. The van der Waals surface area contributed by atoms with Crippen LogP contribution in [0.1, 0.15) is 39.0 Å². The van der Waals surface area contributed by atoms with Crippen LogP contribution in [0, 0.1) is 5.92 Å². The smallest absolute Gasteiger partial charge is 0.0527 e. The van der Waals surface area contributed by atoms with Crippen LogP contribution >= 0.6 is 0 Å². The van der Waals surface area contributed by atoms with Gasteiger partial charge in [-0.3, -0.25) is 0 Å². The van der Waals surface area contributed by atoms with Gasteiger partial charge >= 0.3 is 0 Å². The summed E-state index contributed by atoms with van der Waals surface area (Å²) in [5, 5.41) is 12.9. The molecule has 16 heavy (non-hydrogen) atoms. The molecule has 0 aromatic heterocycles. The fourth-order valence-electron chi connectivity index (χ4n) is 3.19. The summed E-state index contributed by atoms with van der Waals surface area (Å²) in [4.78, 5) is 2.63. The van der Waals surface area contributed by atoms with Crippen molar-refractivity contribution >= 4 is 0 Å². The molecule has 0 bridgehead atoms. The van der Waals surface area contributed by atoms with E-state index < -0.39 is 0 Å². The van der Waals surface area contributed by atoms with Crippen molar-refractivity contribution in [2.45, 2.75) is 51.2 Å². The highest BCUT2D eigenvalue weighted by Crippen LogP contribution is 2.24. The second-order valence-corrected chi connectivity index (χ2v) is 5.57. The lowest BCUT2D eigenvalue weighted by Gasteiger charge is -2.31. The van der Waals surface area contributed by atoms with E-state index in [0.29, 0.717) is 6.04 Å². The van der Waals surface area contributed by atoms with E-state index in [1.54, 1.807) is 0 Å². The first-order chi connectivity index (χ1) is 7.75. The van der Waals surface area contributed by atoms with Crippen LogP contribution in [0.25, 0.3) is 0 Å². The maximum absolute atomic E-state index is 9.50. The Morgan fingerprint density at radius 2 is 2.06 bits per heavy atom. The SMILES string of the molecule is CC(O)CC1CCCN1CC1CCNCC1. The number of rotatable bonds is 4. The number of hydrogen-bond acceptors (Lipinski definition) is 3. The number of nitrogens with zero attached hydrogens (tertiary/aromatic N) is 1. The summed E-state index contributed by atoms with van der Waals surface area (Å²) in [5.74, 6) is 0.885. The van der Waals surface area contributed by atoms with Gasteiger partial charge in [0, 0.05) is 12.6 Å². The van der Waals surface area contributed by atoms with Crippen LogP contribution in [0.5, 0.6) is 0 Å². The van der Waals surface area contributed by atoms with Crippen molar-refractivity contribution < 1.29 is 5.11 Å². The van der Waals surface area contributed by atoms with Gasteiger partial charge in [0.1, 0.15) is 0 Å². The van der Waals surface area contributed by atoms with Crippen molar-refractivity contribution in [2.24, 2.45) is 5.92 Å². The maximum atomic E-state index is 9.50. The Bertz CT molecular complexity index is 202. The molecule has 0 spiro atoms. The fourth-order valence-corrected chi connectivity index (χ4v) is 3.19. The molecular weight excluding hydrogens is 200 g/mol. The monoisotopic (exact) mass is 226 g/mol. The third-order valence-corrected chi connectivity index (χ3v) is 4.06. The molecule has 2 heterocycles. The number of nitrogens with one attached hydrogen (secondary N) is 1. The summed E-state index contributed by atoms with van der Waals surface area (Å²) in [6.07, 6.45) is 6.09. The highest BCUT2D eigenvalue weighted by molar-refractivity contribution is 4.83. The Morgan fingerprint density at radius 1 is 1.31 bits per heavy atom. The summed E-state index contributed by atoms with van der Waals surface area (Å²) < 4.78 is 0. The van der Waals surface area contributed by atoms with E-state index in [1.165, 1.54) is 51.9 Å². The van der Waals surface area contributed by atoms with Gasteiger partial charge in [-0.1, -0.05) is 0 Å². The zero-order chi connectivity index (χ0) is 11.4. The Morgan fingerprint density at radius 3 is 2.75 bits per heavy atom. The molecule has 0 saturated carbocycles. The van der Waals surface area contributed by atoms with Crippen molar-refractivity contribution in [2.75, 3.05) is 26.2 Å². The molecule has 2 N–H and O–H groups in total. The summed E-state index contributed by atoms with van der Waals surface area (Å²) in [5.41, 5.74) is 0. The average Bonchev–Trinajstić information content (AvgIpc) is 2.66. The molecular formula is C13H26N2O. The number of hydrogen-bond donors (Lipinski definition) is 2. The van der Waals surface area contributed by atoms with E-state index in [1.807, 2.05) is 6.92 Å². The summed E-state index contributed by atoms with van der Waals surface area (Å²) in [7, 11) is 0. The normalized spacial score (nSPS) is 30.8. The third-order valence-electron chi connectivity index (χ3n) is 4.06. The summed E-state index contributed by atoms with van der Waals surface area (Å²) >= 11 is 0. The minimum absolute atomic E-state index is 0.140. The average molecular weight is 226 g/mol. The molecule has 0 radical (unpaired) electrons. The number of piperidine rings is 1. The standard InChI is InChI=1S/C13H26N2O/c1-11(16)9-13-3-2-8-15(13)10-12-4-6-14-7-5-12/h11-14,16H,2-10H2,1H3. The lowest BCUT2D eigenvalue weighted by molar-refractivity contribution is 0.120. The first kappa shape index (κ1) is 12.3. The minimum Gasteiger partial charge on any atom is -0.393 e. The highest BCUT2D eigenvalue weighted by atomic mass is 16.3. The lowest BCUT2D eigenvalue weighted by Crippen LogP contribution is -2.39. The van der Waals surface area contributed by atoms with Gasteiger partial charge in [0.25, 0.3) is 0 Å². The van der Waals surface area contributed by atoms with Crippen molar-refractivity contribution in [3.63, 3.8) is 0 Å². The summed E-state index contributed by atoms with van der Waals surface area (Å²) in [6.45, 7) is 6.82. The molecule has 2 aliphatic rings. The molecule has 2 aliphatic heterocycles. The van der Waals surface area contributed by atoms with Gasteiger partial charge in [-0.15, -0.1) is 0 Å². The highest BCUT2D eigenvalue weighted by Gasteiger charge is 2.27. The third kappa shape index (κ3) is 3.44. The molecule has 2 fully saturated rings. The Balaban J connectivity index is 1.78. The molecule has 0 amide bonds. The Hall–Kier alpha value is -0.120. The quantitative estimate of drug-likeness (QED) is 0.756. The number of likely N-dealkylation sites (tertiary alicyclic amines) is 1. The minimum atomic E-state index is -0.140. The van der Waals surface area contributed by atoms with E-state index in [0.717, 1.165) is 12.3 Å². The van der Waals surface area contributed by atoms with E-state index in [4.69, 9.17) is 0 Å². The van der Waals surface area contributed by atoms with Crippen molar-refractivity contribution in [1.82, 2.24) is 10.2 Å². The van der Waals surface area contributed by atoms with Gasteiger partial charge in [-0.05, 0) is 64.6 Å². The van der Waals surface area contributed by atoms with E-state index >= 15 is 0 Å². The maximum Gasteiger partial charge on any atom is 0.0527 e. The van der Waals surface area contributed by atoms with Crippen LogP contribution in [-0.2, 0) is 0 Å². The molecule has 2 rings (SSSR count). The first-order valence-electron chi connectivity index (χ1n) is 6.88. The Labute approximate surface area is 99.2 Å². The van der Waals surface area contributed by atoms with E-state index in [9.17, 15) is 5.11 Å². The van der Waals surface area contributed by atoms with Crippen molar-refractivity contribution in [3.8, 4) is 0 Å². The van der Waals surface area contributed by atoms with Gasteiger partial charge in [0.2, 0.25) is 0 Å². The van der Waals surface area contributed by atoms with Gasteiger partial charge in [-0.25, -0.2) is 0 Å². The van der Waals surface area contributed by atoms with Crippen LogP contribution in [-0.4, -0.2) is 48.3 Å². The van der Waals surface area contributed by atoms with Crippen LogP contribution in [0.15, 0.2) is 0 Å². The Kier molecular flexibility index (Phi) is 4.62. The number of aliphatic hydroxyl groups excluding tert-OH is 1. The summed E-state index contributed by atoms with van der Waals surface area (Å²) in [6, 6.07) is 0.648. The van der Waals surface area contributed by atoms with Gasteiger partial charge in [-0.2, -0.15) is 0 Å². The molecule has 3 nitrogen and oxygen atoms in total. The zero-order valence-corrected chi connectivity index (χ0v) is 10.5. The molecule has 2 unspecified atom stereocenters. The largest absolute Gasteiger partial charge is 0.393 e. The topological polar surface area (TPSA) is 35.5 Å². The predicted molar refractivity (Wildman–Crippen MR) is 66.5 cm³/mol. The van der Waals surface area contributed by atoms with Crippen LogP contribution < -0.4 is 5.32 Å². The van der Waals surface area contributed by atoms with Crippen LogP contribution in [0.2, 0.25) is 0 Å². The molecule has 3 heteroatoms. The molecule has 0 aromatic rings. The van der Waals surface area contributed by atoms with Gasteiger partial charge < -0.3 is 15.3 Å². The van der Waals surface area contributed by atoms with Gasteiger partial charge in [0.05, 0.1) is 6.10 Å². The van der Waals surface area contributed by atoms with Crippen LogP contribution in [0.4, 0.5) is 0 Å². The van der Waals surface area contributed by atoms with Crippen LogP contribution in [0.3, 0.4) is 0 Å². The zero-order valence-electron chi connectivity index (χ0n) is 10.5. The second kappa shape index (κ2) is 5.99. The number of aliphatic hydroxyl groups is 1. The molecule has 0 aromatic carbocycles. The van der Waals surface area contributed by atoms with Crippen molar-refractivity contribution in [1.29, 1.82) is 0 Å². The van der Waals surface area contributed by atoms with Gasteiger partial charge in [0.15, 0.2) is 0 Å².